The van der Waals surface area contributed by atoms with E-state index in [1.54, 1.807) is 36.0 Å². The summed E-state index contributed by atoms with van der Waals surface area (Å²) in [4.78, 5) is 10.5. The normalized spacial score (nSPS) is 12.3. The summed E-state index contributed by atoms with van der Waals surface area (Å²) < 4.78 is 1.63. The highest BCUT2D eigenvalue weighted by Gasteiger charge is 2.16. The molecule has 1 aromatic carbocycles. The van der Waals surface area contributed by atoms with Gasteiger partial charge in [-0.25, -0.2) is 4.68 Å². The number of nitro groups is 1. The Morgan fingerprint density at radius 3 is 2.72 bits per heavy atom. The molecule has 0 aliphatic carbocycles. The van der Waals surface area contributed by atoms with Crippen molar-refractivity contribution in [3.05, 3.63) is 51.7 Å². The van der Waals surface area contributed by atoms with Crippen LogP contribution >= 0.6 is 0 Å². The van der Waals surface area contributed by atoms with Gasteiger partial charge in [-0.05, 0) is 25.5 Å². The number of nitrogens with zero attached hydrogens (tertiary/aromatic N) is 3. The Morgan fingerprint density at radius 1 is 1.44 bits per heavy atom. The SMILES string of the molecule is Cc1ccc(C(C)n2nccc2N)cc1[N+](=O)[O-]. The van der Waals surface area contributed by atoms with Gasteiger partial charge in [-0.1, -0.05) is 12.1 Å². The molecule has 6 nitrogen and oxygen atoms in total. The summed E-state index contributed by atoms with van der Waals surface area (Å²) in [6, 6.07) is 6.72. The smallest absolute Gasteiger partial charge is 0.272 e. The van der Waals surface area contributed by atoms with Crippen LogP contribution in [-0.2, 0) is 0 Å². The van der Waals surface area contributed by atoms with Crippen molar-refractivity contribution in [2.75, 3.05) is 5.73 Å². The average Bonchev–Trinajstić information content (AvgIpc) is 2.75. The molecule has 1 heterocycles. The molecule has 0 saturated carbocycles. The summed E-state index contributed by atoms with van der Waals surface area (Å²) in [7, 11) is 0. The van der Waals surface area contributed by atoms with E-state index in [4.69, 9.17) is 5.73 Å². The maximum atomic E-state index is 10.9. The molecule has 0 amide bonds. The Balaban J connectivity index is 2.43. The second kappa shape index (κ2) is 4.48. The molecule has 0 bridgehead atoms. The van der Waals surface area contributed by atoms with Crippen LogP contribution in [0.1, 0.15) is 24.1 Å². The fourth-order valence-electron chi connectivity index (χ4n) is 1.87. The van der Waals surface area contributed by atoms with Crippen LogP contribution < -0.4 is 5.73 Å². The second-order valence-electron chi connectivity index (χ2n) is 4.18. The van der Waals surface area contributed by atoms with E-state index in [9.17, 15) is 10.1 Å². The van der Waals surface area contributed by atoms with E-state index in [1.165, 1.54) is 0 Å². The van der Waals surface area contributed by atoms with Crippen LogP contribution in [0.4, 0.5) is 11.5 Å². The molecule has 6 heteroatoms. The van der Waals surface area contributed by atoms with Gasteiger partial charge in [0.2, 0.25) is 0 Å². The molecule has 1 aromatic heterocycles. The highest BCUT2D eigenvalue weighted by Crippen LogP contribution is 2.26. The molecular formula is C12H14N4O2. The molecule has 94 valence electrons. The predicted molar refractivity (Wildman–Crippen MR) is 68.3 cm³/mol. The Morgan fingerprint density at radius 2 is 2.17 bits per heavy atom. The summed E-state index contributed by atoms with van der Waals surface area (Å²) in [5, 5.41) is 15.0. The number of rotatable bonds is 3. The van der Waals surface area contributed by atoms with Crippen molar-refractivity contribution in [1.29, 1.82) is 0 Å². The highest BCUT2D eigenvalue weighted by atomic mass is 16.6. The molecule has 1 unspecified atom stereocenters. The van der Waals surface area contributed by atoms with Crippen molar-refractivity contribution in [3.8, 4) is 0 Å². The van der Waals surface area contributed by atoms with Crippen molar-refractivity contribution >= 4 is 11.5 Å². The zero-order valence-corrected chi connectivity index (χ0v) is 10.2. The first-order chi connectivity index (χ1) is 8.50. The number of nitro benzene ring substituents is 1. The third-order valence-corrected chi connectivity index (χ3v) is 2.98. The van der Waals surface area contributed by atoms with Crippen molar-refractivity contribution in [1.82, 2.24) is 9.78 Å². The molecule has 18 heavy (non-hydrogen) atoms. The standard InChI is InChI=1S/C12H14N4O2/c1-8-3-4-10(7-11(8)16(17)18)9(2)15-12(13)5-6-14-15/h3-7,9H,13H2,1-2H3. The van der Waals surface area contributed by atoms with E-state index in [-0.39, 0.29) is 16.7 Å². The van der Waals surface area contributed by atoms with Gasteiger partial charge in [-0.15, -0.1) is 0 Å². The number of aromatic nitrogens is 2. The van der Waals surface area contributed by atoms with Crippen LogP contribution in [0, 0.1) is 17.0 Å². The summed E-state index contributed by atoms with van der Waals surface area (Å²) in [5.74, 6) is 0.533. The lowest BCUT2D eigenvalue weighted by Gasteiger charge is -2.14. The topological polar surface area (TPSA) is 87.0 Å². The molecule has 2 aromatic rings. The average molecular weight is 246 g/mol. The Hall–Kier alpha value is -2.37. The maximum absolute atomic E-state index is 10.9. The number of anilines is 1. The quantitative estimate of drug-likeness (QED) is 0.664. The van der Waals surface area contributed by atoms with Crippen molar-refractivity contribution in [3.63, 3.8) is 0 Å². The first-order valence-electron chi connectivity index (χ1n) is 5.54. The van der Waals surface area contributed by atoms with Crippen molar-refractivity contribution in [2.24, 2.45) is 0 Å². The van der Waals surface area contributed by atoms with Crippen LogP contribution in [0.25, 0.3) is 0 Å². The lowest BCUT2D eigenvalue weighted by molar-refractivity contribution is -0.385. The Bertz CT molecular complexity index is 592. The zero-order chi connectivity index (χ0) is 13.3. The molecule has 0 aliphatic rings. The highest BCUT2D eigenvalue weighted by molar-refractivity contribution is 5.44. The third-order valence-electron chi connectivity index (χ3n) is 2.98. The maximum Gasteiger partial charge on any atom is 0.272 e. The molecule has 2 N–H and O–H groups in total. The Kier molecular flexibility index (Phi) is 3.01. The number of nitrogen functional groups attached to an aromatic ring is 1. The first-order valence-corrected chi connectivity index (χ1v) is 5.54. The van der Waals surface area contributed by atoms with E-state index >= 15 is 0 Å². The molecule has 0 aliphatic heterocycles. The molecule has 0 fully saturated rings. The van der Waals surface area contributed by atoms with Gasteiger partial charge in [-0.3, -0.25) is 10.1 Å². The number of hydrogen-bond acceptors (Lipinski definition) is 4. The fourth-order valence-corrected chi connectivity index (χ4v) is 1.87. The van der Waals surface area contributed by atoms with Crippen LogP contribution in [0.2, 0.25) is 0 Å². The van der Waals surface area contributed by atoms with Crippen LogP contribution in [0.3, 0.4) is 0 Å². The predicted octanol–water partition coefficient (Wildman–Crippen LogP) is 2.29. The third kappa shape index (κ3) is 2.04. The molecule has 0 radical (unpaired) electrons. The van der Waals surface area contributed by atoms with E-state index in [2.05, 4.69) is 5.10 Å². The zero-order valence-electron chi connectivity index (χ0n) is 10.2. The molecule has 1 atom stereocenters. The fraction of sp³-hybridized carbons (Fsp3) is 0.250. The first kappa shape index (κ1) is 12.1. The summed E-state index contributed by atoms with van der Waals surface area (Å²) in [6.07, 6.45) is 1.61. The van der Waals surface area contributed by atoms with Crippen LogP contribution in [-0.4, -0.2) is 14.7 Å². The number of benzene rings is 1. The van der Waals surface area contributed by atoms with E-state index in [0.717, 1.165) is 5.56 Å². The summed E-state index contributed by atoms with van der Waals surface area (Å²) >= 11 is 0. The summed E-state index contributed by atoms with van der Waals surface area (Å²) in [5.41, 5.74) is 7.34. The lowest BCUT2D eigenvalue weighted by Crippen LogP contribution is -2.11. The van der Waals surface area contributed by atoms with Gasteiger partial charge in [0.15, 0.2) is 0 Å². The number of hydrogen-bond donors (Lipinski definition) is 1. The van der Waals surface area contributed by atoms with Gasteiger partial charge in [0, 0.05) is 11.6 Å². The second-order valence-corrected chi connectivity index (χ2v) is 4.18. The van der Waals surface area contributed by atoms with Crippen molar-refractivity contribution in [2.45, 2.75) is 19.9 Å². The van der Waals surface area contributed by atoms with Gasteiger partial charge < -0.3 is 5.73 Å². The lowest BCUT2D eigenvalue weighted by atomic mass is 10.0. The molecule has 2 rings (SSSR count). The van der Waals surface area contributed by atoms with Gasteiger partial charge >= 0.3 is 0 Å². The summed E-state index contributed by atoms with van der Waals surface area (Å²) in [6.45, 7) is 3.62. The van der Waals surface area contributed by atoms with Gasteiger partial charge in [0.25, 0.3) is 5.69 Å². The van der Waals surface area contributed by atoms with Crippen LogP contribution in [0.5, 0.6) is 0 Å². The van der Waals surface area contributed by atoms with Gasteiger partial charge in [-0.2, -0.15) is 5.10 Å². The molecule has 0 saturated heterocycles. The van der Waals surface area contributed by atoms with Gasteiger partial charge in [0.1, 0.15) is 5.82 Å². The van der Waals surface area contributed by atoms with E-state index in [0.29, 0.717) is 11.4 Å². The van der Waals surface area contributed by atoms with Crippen molar-refractivity contribution < 1.29 is 4.92 Å². The molecular weight excluding hydrogens is 232 g/mol. The van der Waals surface area contributed by atoms with E-state index in [1.807, 2.05) is 13.0 Å². The minimum Gasteiger partial charge on any atom is -0.384 e. The molecule has 0 spiro atoms. The number of aryl methyl sites for hydroxylation is 1. The minimum atomic E-state index is -0.377. The van der Waals surface area contributed by atoms with Gasteiger partial charge in [0.05, 0.1) is 17.2 Å². The monoisotopic (exact) mass is 246 g/mol. The van der Waals surface area contributed by atoms with Crippen LogP contribution in [0.15, 0.2) is 30.5 Å². The minimum absolute atomic E-state index is 0.116. The number of nitrogens with two attached hydrogens (primary N) is 1. The Labute approximate surface area is 104 Å². The van der Waals surface area contributed by atoms with E-state index < -0.39 is 0 Å². The largest absolute Gasteiger partial charge is 0.384 e.